The minimum Gasteiger partial charge on any atom is -0.370 e. The molecule has 1 aliphatic rings. The Bertz CT molecular complexity index is 842. The summed E-state index contributed by atoms with van der Waals surface area (Å²) in [6.45, 7) is 1.26. The van der Waals surface area contributed by atoms with E-state index >= 15 is 0 Å². The lowest BCUT2D eigenvalue weighted by Gasteiger charge is -2.34. The lowest BCUT2D eigenvalue weighted by molar-refractivity contribution is -0.385. The first-order chi connectivity index (χ1) is 11.4. The number of anilines is 1. The molecule has 1 aromatic heterocycles. The van der Waals surface area contributed by atoms with Gasteiger partial charge in [0.1, 0.15) is 4.90 Å². The zero-order valence-corrected chi connectivity index (χ0v) is 13.6. The van der Waals surface area contributed by atoms with Crippen molar-refractivity contribution in [3.63, 3.8) is 0 Å². The average molecular weight is 351 g/mol. The van der Waals surface area contributed by atoms with Crippen LogP contribution in [0.15, 0.2) is 41.8 Å². The van der Waals surface area contributed by atoms with Crippen LogP contribution in [0.2, 0.25) is 0 Å². The van der Waals surface area contributed by atoms with Gasteiger partial charge in [0.05, 0.1) is 16.9 Å². The maximum atomic E-state index is 11.8. The Kier molecular flexibility index (Phi) is 4.24. The number of benzene rings is 1. The fraction of sp³-hybridized carbons (Fsp3) is 0.357. The van der Waals surface area contributed by atoms with E-state index in [1.165, 1.54) is 12.1 Å². The summed E-state index contributed by atoms with van der Waals surface area (Å²) in [6, 6.07) is 4.08. The normalized spacial score (nSPS) is 16.3. The third-order valence-corrected chi connectivity index (χ3v) is 5.15. The largest absolute Gasteiger partial charge is 0.370 e. The molecule has 1 aromatic carbocycles. The third-order valence-electron chi connectivity index (χ3n) is 4.21. The molecule has 1 saturated heterocycles. The highest BCUT2D eigenvalue weighted by Gasteiger charge is 2.26. The Morgan fingerprint density at radius 3 is 2.54 bits per heavy atom. The van der Waals surface area contributed by atoms with E-state index in [-0.39, 0.29) is 10.6 Å². The summed E-state index contributed by atoms with van der Waals surface area (Å²) in [4.78, 5) is 16.0. The van der Waals surface area contributed by atoms with Crippen molar-refractivity contribution in [3.05, 3.63) is 47.0 Å². The molecule has 0 radical (unpaired) electrons. The van der Waals surface area contributed by atoms with E-state index in [0.29, 0.717) is 24.8 Å². The molecule has 9 nitrogen and oxygen atoms in total. The number of rotatable bonds is 4. The number of nitrogens with zero attached hydrogens (tertiary/aromatic N) is 4. The van der Waals surface area contributed by atoms with Crippen molar-refractivity contribution < 1.29 is 13.3 Å². The SMILES string of the molecule is NS(=O)(=O)c1cc([N+](=O)[O-])ccc1N1CCC(n2ccnc2)CC1. The number of nitrogens with two attached hydrogens (primary N) is 1. The highest BCUT2D eigenvalue weighted by molar-refractivity contribution is 7.89. The Morgan fingerprint density at radius 1 is 1.29 bits per heavy atom. The molecule has 0 amide bonds. The first-order valence-corrected chi connectivity index (χ1v) is 8.94. The Hall–Kier alpha value is -2.46. The monoisotopic (exact) mass is 351 g/mol. The van der Waals surface area contributed by atoms with Crippen LogP contribution in [0.25, 0.3) is 0 Å². The first kappa shape index (κ1) is 16.4. The molecular weight excluding hydrogens is 334 g/mol. The molecule has 0 saturated carbocycles. The summed E-state index contributed by atoms with van der Waals surface area (Å²) in [7, 11) is -4.06. The Labute approximate surface area is 138 Å². The van der Waals surface area contributed by atoms with Gasteiger partial charge in [0.25, 0.3) is 5.69 Å². The van der Waals surface area contributed by atoms with E-state index in [9.17, 15) is 18.5 Å². The molecule has 0 unspecified atom stereocenters. The second-order valence-corrected chi connectivity index (χ2v) is 7.21. The molecule has 2 N–H and O–H groups in total. The molecule has 0 bridgehead atoms. The number of nitro benzene ring substituents is 1. The molecular formula is C14H17N5O4S. The number of primary sulfonamides is 1. The van der Waals surface area contributed by atoms with Gasteiger partial charge < -0.3 is 9.47 Å². The average Bonchev–Trinajstić information content (AvgIpc) is 3.08. The quantitative estimate of drug-likeness (QED) is 0.653. The molecule has 0 spiro atoms. The van der Waals surface area contributed by atoms with Crippen LogP contribution in [-0.4, -0.2) is 36.0 Å². The van der Waals surface area contributed by atoms with Crippen LogP contribution < -0.4 is 10.0 Å². The highest BCUT2D eigenvalue weighted by Crippen LogP contribution is 2.32. The summed E-state index contributed by atoms with van der Waals surface area (Å²) in [5.41, 5.74) is 0.114. The minimum absolute atomic E-state index is 0.210. The number of sulfonamides is 1. The molecule has 128 valence electrons. The van der Waals surface area contributed by atoms with Crippen LogP contribution >= 0.6 is 0 Å². The Balaban J connectivity index is 1.86. The van der Waals surface area contributed by atoms with E-state index in [0.717, 1.165) is 18.9 Å². The number of imidazole rings is 1. The molecule has 10 heteroatoms. The number of nitro groups is 1. The Morgan fingerprint density at radius 2 is 2.00 bits per heavy atom. The van der Waals surface area contributed by atoms with Crippen molar-refractivity contribution in [2.24, 2.45) is 5.14 Å². The van der Waals surface area contributed by atoms with E-state index < -0.39 is 14.9 Å². The van der Waals surface area contributed by atoms with Crippen LogP contribution in [-0.2, 0) is 10.0 Å². The predicted octanol–water partition coefficient (Wildman–Crippen LogP) is 1.28. The van der Waals surface area contributed by atoms with Gasteiger partial charge in [-0.05, 0) is 18.9 Å². The van der Waals surface area contributed by atoms with Crippen molar-refractivity contribution in [2.75, 3.05) is 18.0 Å². The summed E-state index contributed by atoms with van der Waals surface area (Å²) in [5, 5.41) is 16.1. The van der Waals surface area contributed by atoms with Gasteiger partial charge in [0.2, 0.25) is 10.0 Å². The lowest BCUT2D eigenvalue weighted by atomic mass is 10.0. The second kappa shape index (κ2) is 6.21. The van der Waals surface area contributed by atoms with E-state index in [1.54, 1.807) is 12.5 Å². The van der Waals surface area contributed by atoms with Crippen molar-refractivity contribution in [2.45, 2.75) is 23.8 Å². The predicted molar refractivity (Wildman–Crippen MR) is 87.2 cm³/mol. The fourth-order valence-electron chi connectivity index (χ4n) is 3.00. The molecule has 1 fully saturated rings. The van der Waals surface area contributed by atoms with Gasteiger partial charge in [0.15, 0.2) is 0 Å². The van der Waals surface area contributed by atoms with Gasteiger partial charge in [0, 0.05) is 43.7 Å². The van der Waals surface area contributed by atoms with Crippen LogP contribution in [0.3, 0.4) is 0 Å². The van der Waals surface area contributed by atoms with Crippen LogP contribution in [0.5, 0.6) is 0 Å². The number of aromatic nitrogens is 2. The molecule has 24 heavy (non-hydrogen) atoms. The van der Waals surface area contributed by atoms with Gasteiger partial charge in [-0.3, -0.25) is 10.1 Å². The summed E-state index contributed by atoms with van der Waals surface area (Å²) < 4.78 is 25.7. The summed E-state index contributed by atoms with van der Waals surface area (Å²) in [5.74, 6) is 0. The number of hydrogen-bond acceptors (Lipinski definition) is 6. The zero-order valence-electron chi connectivity index (χ0n) is 12.8. The van der Waals surface area contributed by atoms with Crippen LogP contribution in [0, 0.1) is 10.1 Å². The third kappa shape index (κ3) is 3.24. The van der Waals surface area contributed by atoms with Crippen molar-refractivity contribution in [3.8, 4) is 0 Å². The second-order valence-electron chi connectivity index (χ2n) is 5.68. The van der Waals surface area contributed by atoms with E-state index in [2.05, 4.69) is 4.98 Å². The molecule has 2 aromatic rings. The highest BCUT2D eigenvalue weighted by atomic mass is 32.2. The first-order valence-electron chi connectivity index (χ1n) is 7.40. The molecule has 3 rings (SSSR count). The maximum Gasteiger partial charge on any atom is 0.270 e. The number of piperidine rings is 1. The number of hydrogen-bond donors (Lipinski definition) is 1. The molecule has 0 atom stereocenters. The van der Waals surface area contributed by atoms with E-state index in [1.807, 2.05) is 15.7 Å². The van der Waals surface area contributed by atoms with Crippen molar-refractivity contribution in [1.82, 2.24) is 9.55 Å². The standard InChI is InChI=1S/C14H17N5O4S/c15-24(22,23)14-9-12(19(20)21)1-2-13(14)17-6-3-11(4-7-17)18-8-5-16-10-18/h1-2,5,8-11H,3-4,6-7H2,(H2,15,22,23). The van der Waals surface area contributed by atoms with Crippen molar-refractivity contribution in [1.29, 1.82) is 0 Å². The van der Waals surface area contributed by atoms with E-state index in [4.69, 9.17) is 5.14 Å². The van der Waals surface area contributed by atoms with Gasteiger partial charge in [-0.1, -0.05) is 0 Å². The van der Waals surface area contributed by atoms with Gasteiger partial charge in [-0.25, -0.2) is 18.5 Å². The maximum absolute atomic E-state index is 11.8. The van der Waals surface area contributed by atoms with Gasteiger partial charge >= 0.3 is 0 Å². The fourth-order valence-corrected chi connectivity index (χ4v) is 3.77. The number of non-ortho nitro benzene ring substituents is 1. The van der Waals surface area contributed by atoms with Gasteiger partial charge in [-0.15, -0.1) is 0 Å². The van der Waals surface area contributed by atoms with Crippen LogP contribution in [0.4, 0.5) is 11.4 Å². The molecule has 2 heterocycles. The smallest absolute Gasteiger partial charge is 0.270 e. The van der Waals surface area contributed by atoms with Gasteiger partial charge in [-0.2, -0.15) is 0 Å². The summed E-state index contributed by atoms with van der Waals surface area (Å²) in [6.07, 6.45) is 7.03. The van der Waals surface area contributed by atoms with Crippen molar-refractivity contribution >= 4 is 21.4 Å². The topological polar surface area (TPSA) is 124 Å². The van der Waals surface area contributed by atoms with Crippen LogP contribution in [0.1, 0.15) is 18.9 Å². The lowest BCUT2D eigenvalue weighted by Crippen LogP contribution is -2.35. The molecule has 0 aliphatic carbocycles. The summed E-state index contributed by atoms with van der Waals surface area (Å²) >= 11 is 0. The molecule has 1 aliphatic heterocycles. The zero-order chi connectivity index (χ0) is 17.3. The minimum atomic E-state index is -4.06.